The molecule has 0 unspecified atom stereocenters. The molecule has 94 valence electrons. The molecule has 0 aromatic heterocycles. The normalized spacial score (nSPS) is 23.4. The van der Waals surface area contributed by atoms with Gasteiger partial charge >= 0.3 is 0 Å². The molecule has 0 bridgehead atoms. The molecule has 1 saturated carbocycles. The molecule has 1 aliphatic rings. The zero-order valence-corrected chi connectivity index (χ0v) is 11.4. The van der Waals surface area contributed by atoms with Crippen molar-refractivity contribution >= 4 is 11.8 Å². The summed E-state index contributed by atoms with van der Waals surface area (Å²) in [6.45, 7) is 3.87. The van der Waals surface area contributed by atoms with Crippen LogP contribution in [0.5, 0.6) is 0 Å². The lowest BCUT2D eigenvalue weighted by Crippen LogP contribution is -2.45. The summed E-state index contributed by atoms with van der Waals surface area (Å²) in [5.74, 6) is 0. The van der Waals surface area contributed by atoms with E-state index in [2.05, 4.69) is 42.8 Å². The number of hydrogen-bond donors (Lipinski definition) is 1. The Kier molecular flexibility index (Phi) is 4.89. The second-order valence-electron chi connectivity index (χ2n) is 4.47. The van der Waals surface area contributed by atoms with Gasteiger partial charge in [-0.1, -0.05) is 12.1 Å². The van der Waals surface area contributed by atoms with Crippen LogP contribution in [0.4, 0.5) is 0 Å². The van der Waals surface area contributed by atoms with E-state index in [1.807, 2.05) is 0 Å². The van der Waals surface area contributed by atoms with Gasteiger partial charge in [-0.3, -0.25) is 0 Å². The van der Waals surface area contributed by atoms with Crippen molar-refractivity contribution in [1.82, 2.24) is 5.32 Å². The minimum Gasteiger partial charge on any atom is -0.378 e. The zero-order valence-electron chi connectivity index (χ0n) is 10.6. The Labute approximate surface area is 108 Å². The van der Waals surface area contributed by atoms with Crippen molar-refractivity contribution in [3.63, 3.8) is 0 Å². The van der Waals surface area contributed by atoms with Crippen molar-refractivity contribution in [3.05, 3.63) is 29.8 Å². The van der Waals surface area contributed by atoms with Crippen molar-refractivity contribution < 1.29 is 4.74 Å². The quantitative estimate of drug-likeness (QED) is 0.785. The Hall–Kier alpha value is -0.510. The van der Waals surface area contributed by atoms with Gasteiger partial charge in [0.25, 0.3) is 0 Å². The van der Waals surface area contributed by atoms with Gasteiger partial charge in [0.15, 0.2) is 0 Å². The second-order valence-corrected chi connectivity index (χ2v) is 5.35. The van der Waals surface area contributed by atoms with E-state index in [-0.39, 0.29) is 0 Å². The van der Waals surface area contributed by atoms with Gasteiger partial charge in [0, 0.05) is 24.1 Å². The molecule has 0 atom stereocenters. The first kappa shape index (κ1) is 12.9. The fraction of sp³-hybridized carbons (Fsp3) is 0.571. The molecule has 0 heterocycles. The third kappa shape index (κ3) is 3.73. The van der Waals surface area contributed by atoms with Crippen LogP contribution in [-0.2, 0) is 11.3 Å². The Morgan fingerprint density at radius 1 is 1.29 bits per heavy atom. The van der Waals surface area contributed by atoms with Gasteiger partial charge in [0.05, 0.1) is 6.10 Å². The first-order valence-corrected chi connectivity index (χ1v) is 7.52. The molecule has 2 rings (SSSR count). The smallest absolute Gasteiger partial charge is 0.0604 e. The molecule has 1 aliphatic carbocycles. The van der Waals surface area contributed by atoms with Crippen molar-refractivity contribution in [2.24, 2.45) is 0 Å². The maximum atomic E-state index is 5.55. The van der Waals surface area contributed by atoms with Gasteiger partial charge < -0.3 is 10.1 Å². The third-order valence-corrected chi connectivity index (χ3v) is 3.99. The zero-order chi connectivity index (χ0) is 12.1. The average molecular weight is 251 g/mol. The largest absolute Gasteiger partial charge is 0.378 e. The lowest BCUT2D eigenvalue weighted by atomic mass is 9.89. The molecule has 0 aliphatic heterocycles. The fourth-order valence-electron chi connectivity index (χ4n) is 2.11. The van der Waals surface area contributed by atoms with Crippen LogP contribution in [0.3, 0.4) is 0 Å². The maximum Gasteiger partial charge on any atom is 0.0604 e. The Morgan fingerprint density at radius 3 is 2.59 bits per heavy atom. The van der Waals surface area contributed by atoms with Gasteiger partial charge in [-0.25, -0.2) is 0 Å². The summed E-state index contributed by atoms with van der Waals surface area (Å²) in [7, 11) is 0. The summed E-state index contributed by atoms with van der Waals surface area (Å²) in [5, 5.41) is 3.57. The lowest BCUT2D eigenvalue weighted by Gasteiger charge is -2.35. The van der Waals surface area contributed by atoms with E-state index < -0.39 is 0 Å². The SMILES string of the molecule is CCOC1CC(NCc2ccc(SC)cc2)C1. The van der Waals surface area contributed by atoms with E-state index in [9.17, 15) is 0 Å². The van der Waals surface area contributed by atoms with E-state index in [1.165, 1.54) is 10.5 Å². The summed E-state index contributed by atoms with van der Waals surface area (Å²) < 4.78 is 5.55. The molecular weight excluding hydrogens is 230 g/mol. The van der Waals surface area contributed by atoms with Crippen molar-refractivity contribution in [2.45, 2.75) is 43.4 Å². The monoisotopic (exact) mass is 251 g/mol. The molecule has 1 aromatic carbocycles. The van der Waals surface area contributed by atoms with Crippen LogP contribution < -0.4 is 5.32 Å². The minimum atomic E-state index is 0.497. The first-order chi connectivity index (χ1) is 8.31. The van der Waals surface area contributed by atoms with Gasteiger partial charge in [-0.05, 0) is 43.7 Å². The van der Waals surface area contributed by atoms with E-state index in [0.717, 1.165) is 26.0 Å². The predicted molar refractivity (Wildman–Crippen MR) is 73.5 cm³/mol. The van der Waals surface area contributed by atoms with Crippen LogP contribution >= 0.6 is 11.8 Å². The molecule has 1 N–H and O–H groups in total. The highest BCUT2D eigenvalue weighted by atomic mass is 32.2. The van der Waals surface area contributed by atoms with Crippen LogP contribution in [0.1, 0.15) is 25.3 Å². The van der Waals surface area contributed by atoms with Crippen molar-refractivity contribution in [1.29, 1.82) is 0 Å². The summed E-state index contributed by atoms with van der Waals surface area (Å²) in [6.07, 6.45) is 4.93. The topological polar surface area (TPSA) is 21.3 Å². The molecule has 0 amide bonds. The highest BCUT2D eigenvalue weighted by molar-refractivity contribution is 7.98. The predicted octanol–water partition coefficient (Wildman–Crippen LogP) is 3.07. The van der Waals surface area contributed by atoms with Crippen LogP contribution in [0.25, 0.3) is 0 Å². The fourth-order valence-corrected chi connectivity index (χ4v) is 2.52. The van der Waals surface area contributed by atoms with E-state index in [1.54, 1.807) is 11.8 Å². The van der Waals surface area contributed by atoms with Crippen molar-refractivity contribution in [3.8, 4) is 0 Å². The van der Waals surface area contributed by atoms with Crippen LogP contribution in [-0.4, -0.2) is 25.0 Å². The molecule has 3 heteroatoms. The van der Waals surface area contributed by atoms with Crippen LogP contribution in [0.15, 0.2) is 29.2 Å². The highest BCUT2D eigenvalue weighted by Crippen LogP contribution is 2.23. The third-order valence-electron chi connectivity index (χ3n) is 3.25. The molecule has 0 radical (unpaired) electrons. The molecule has 1 aromatic rings. The van der Waals surface area contributed by atoms with E-state index in [4.69, 9.17) is 4.74 Å². The molecule has 0 spiro atoms. The summed E-state index contributed by atoms with van der Waals surface area (Å²) in [6, 6.07) is 9.43. The Balaban J connectivity index is 1.68. The molecular formula is C14H21NOS. The van der Waals surface area contributed by atoms with Gasteiger partial charge in [0.2, 0.25) is 0 Å². The number of nitrogens with one attached hydrogen (secondary N) is 1. The maximum absolute atomic E-state index is 5.55. The molecule has 2 nitrogen and oxygen atoms in total. The summed E-state index contributed by atoms with van der Waals surface area (Å²) in [5.41, 5.74) is 1.36. The van der Waals surface area contributed by atoms with Gasteiger partial charge in [0.1, 0.15) is 0 Å². The van der Waals surface area contributed by atoms with Crippen molar-refractivity contribution in [2.75, 3.05) is 12.9 Å². The second kappa shape index (κ2) is 6.43. The number of hydrogen-bond acceptors (Lipinski definition) is 3. The molecule has 1 fully saturated rings. The van der Waals surface area contributed by atoms with Crippen LogP contribution in [0, 0.1) is 0 Å². The first-order valence-electron chi connectivity index (χ1n) is 6.29. The minimum absolute atomic E-state index is 0.497. The average Bonchev–Trinajstić information content (AvgIpc) is 2.32. The summed E-state index contributed by atoms with van der Waals surface area (Å²) in [4.78, 5) is 1.33. The standard InChI is InChI=1S/C14H21NOS/c1-3-16-13-8-12(9-13)15-10-11-4-6-14(17-2)7-5-11/h4-7,12-13,15H,3,8-10H2,1-2H3. The van der Waals surface area contributed by atoms with Gasteiger partial charge in [-0.15, -0.1) is 11.8 Å². The van der Waals surface area contributed by atoms with Crippen LogP contribution in [0.2, 0.25) is 0 Å². The number of benzene rings is 1. The summed E-state index contributed by atoms with van der Waals surface area (Å²) >= 11 is 1.79. The Bertz CT molecular complexity index is 333. The number of rotatable bonds is 6. The van der Waals surface area contributed by atoms with E-state index >= 15 is 0 Å². The number of thioether (sulfide) groups is 1. The highest BCUT2D eigenvalue weighted by Gasteiger charge is 2.28. The molecule has 17 heavy (non-hydrogen) atoms. The molecule has 0 saturated heterocycles. The Morgan fingerprint density at radius 2 is 2.00 bits per heavy atom. The van der Waals surface area contributed by atoms with Gasteiger partial charge in [-0.2, -0.15) is 0 Å². The number of ether oxygens (including phenoxy) is 1. The van der Waals surface area contributed by atoms with E-state index in [0.29, 0.717) is 12.1 Å². The lowest BCUT2D eigenvalue weighted by molar-refractivity contribution is -0.0102.